The molecule has 1 heterocycles. The van der Waals surface area contributed by atoms with Gasteiger partial charge in [-0.1, -0.05) is 18.2 Å². The lowest BCUT2D eigenvalue weighted by Crippen LogP contribution is -2.47. The van der Waals surface area contributed by atoms with Crippen LogP contribution in [0.25, 0.3) is 0 Å². The Balaban J connectivity index is 2.23. The summed E-state index contributed by atoms with van der Waals surface area (Å²) in [6, 6.07) is 7.70. The summed E-state index contributed by atoms with van der Waals surface area (Å²) < 4.78 is 5.35. The molecular weight excluding hydrogens is 266 g/mol. The van der Waals surface area contributed by atoms with Crippen LogP contribution in [-0.2, 0) is 11.2 Å². The fourth-order valence-corrected chi connectivity index (χ4v) is 2.32. The second kappa shape index (κ2) is 5.39. The van der Waals surface area contributed by atoms with E-state index in [9.17, 15) is 4.79 Å². The Morgan fingerprint density at radius 1 is 1.33 bits per heavy atom. The molecule has 0 saturated carbocycles. The number of nitrogens with zero attached hydrogens (tertiary/aromatic N) is 1. The van der Waals surface area contributed by atoms with Crippen LogP contribution in [0.5, 0.6) is 5.75 Å². The molecule has 2 N–H and O–H groups in total. The topological polar surface area (TPSA) is 62.7 Å². The van der Waals surface area contributed by atoms with E-state index in [1.165, 1.54) is 0 Å². The molecule has 0 fully saturated rings. The van der Waals surface area contributed by atoms with Gasteiger partial charge in [0.15, 0.2) is 5.96 Å². The zero-order valence-corrected chi connectivity index (χ0v) is 13.3. The van der Waals surface area contributed by atoms with E-state index >= 15 is 0 Å². The Bertz CT molecular complexity index is 575. The average Bonchev–Trinajstić information content (AvgIpc) is 2.62. The van der Waals surface area contributed by atoms with E-state index in [2.05, 4.69) is 15.6 Å². The maximum Gasteiger partial charge on any atom is 0.254 e. The van der Waals surface area contributed by atoms with Gasteiger partial charge < -0.3 is 10.1 Å². The molecule has 1 atom stereocenters. The predicted molar refractivity (Wildman–Crippen MR) is 83.6 cm³/mol. The number of rotatable bonds is 3. The highest BCUT2D eigenvalue weighted by Crippen LogP contribution is 2.27. The molecule has 0 spiro atoms. The van der Waals surface area contributed by atoms with Crippen molar-refractivity contribution in [3.05, 3.63) is 29.8 Å². The second-order valence-corrected chi connectivity index (χ2v) is 6.55. The van der Waals surface area contributed by atoms with Crippen molar-refractivity contribution < 1.29 is 9.53 Å². The van der Waals surface area contributed by atoms with Crippen LogP contribution >= 0.6 is 0 Å². The molecule has 0 aromatic heterocycles. The number of guanidine groups is 1. The van der Waals surface area contributed by atoms with Gasteiger partial charge in [0.25, 0.3) is 5.91 Å². The lowest BCUT2D eigenvalue weighted by Gasteiger charge is -2.21. The number of methoxy groups -OCH3 is 1. The van der Waals surface area contributed by atoms with Gasteiger partial charge >= 0.3 is 0 Å². The van der Waals surface area contributed by atoms with Crippen molar-refractivity contribution in [2.75, 3.05) is 7.11 Å². The van der Waals surface area contributed by atoms with Crippen LogP contribution in [-0.4, -0.2) is 30.1 Å². The van der Waals surface area contributed by atoms with Crippen LogP contribution in [0, 0.1) is 0 Å². The van der Waals surface area contributed by atoms with Gasteiger partial charge in [-0.05, 0) is 39.3 Å². The third-order valence-electron chi connectivity index (χ3n) is 3.30. The number of para-hydroxylation sites is 1. The third kappa shape index (κ3) is 3.54. The van der Waals surface area contributed by atoms with Gasteiger partial charge in [0.1, 0.15) is 11.3 Å². The lowest BCUT2D eigenvalue weighted by atomic mass is 9.93. The zero-order chi connectivity index (χ0) is 15.7. The van der Waals surface area contributed by atoms with Crippen molar-refractivity contribution >= 4 is 11.9 Å². The van der Waals surface area contributed by atoms with Crippen LogP contribution in [0.1, 0.15) is 33.3 Å². The number of amides is 1. The maximum absolute atomic E-state index is 12.3. The SMILES string of the molecule is COc1ccccc1CC1(C)N=C(NC(C)(C)C)NC1=O. The first-order chi connectivity index (χ1) is 9.73. The van der Waals surface area contributed by atoms with E-state index in [0.29, 0.717) is 12.4 Å². The van der Waals surface area contributed by atoms with Gasteiger partial charge in [-0.3, -0.25) is 10.1 Å². The highest BCUT2D eigenvalue weighted by atomic mass is 16.5. The largest absolute Gasteiger partial charge is 0.496 e. The van der Waals surface area contributed by atoms with Gasteiger partial charge in [0.2, 0.25) is 0 Å². The first-order valence-electron chi connectivity index (χ1n) is 7.05. The molecule has 1 aromatic carbocycles. The molecule has 1 amide bonds. The molecule has 1 aliphatic heterocycles. The number of ether oxygens (including phenoxy) is 1. The summed E-state index contributed by atoms with van der Waals surface area (Å²) in [5.41, 5.74) is 0.00251. The molecule has 1 unspecified atom stereocenters. The third-order valence-corrected chi connectivity index (χ3v) is 3.30. The number of hydrogen-bond acceptors (Lipinski definition) is 4. The Kier molecular flexibility index (Phi) is 3.94. The Hall–Kier alpha value is -2.04. The normalized spacial score (nSPS) is 21.8. The minimum atomic E-state index is -0.817. The fourth-order valence-electron chi connectivity index (χ4n) is 2.32. The predicted octanol–water partition coefficient (Wildman–Crippen LogP) is 1.87. The van der Waals surface area contributed by atoms with E-state index in [1.807, 2.05) is 52.0 Å². The standard InChI is InChI=1S/C16H23N3O2/c1-15(2,3)18-14-17-13(20)16(4,19-14)10-11-8-6-7-9-12(11)21-5/h6-9H,10H2,1-5H3,(H2,17,18,19,20). The van der Waals surface area contributed by atoms with Crippen molar-refractivity contribution in [1.29, 1.82) is 0 Å². The first-order valence-corrected chi connectivity index (χ1v) is 7.05. The van der Waals surface area contributed by atoms with Gasteiger partial charge in [0, 0.05) is 12.0 Å². The van der Waals surface area contributed by atoms with Crippen molar-refractivity contribution in [2.45, 2.75) is 45.2 Å². The minimum absolute atomic E-state index is 0.0971. The number of hydrogen-bond donors (Lipinski definition) is 2. The van der Waals surface area contributed by atoms with Crippen LogP contribution in [0.3, 0.4) is 0 Å². The molecule has 5 nitrogen and oxygen atoms in total. The van der Waals surface area contributed by atoms with Gasteiger partial charge in [0.05, 0.1) is 7.11 Å². The number of aliphatic imine (C=N–C) groups is 1. The molecule has 0 bridgehead atoms. The number of carbonyl (C=O) groups excluding carboxylic acids is 1. The van der Waals surface area contributed by atoms with E-state index < -0.39 is 5.54 Å². The maximum atomic E-state index is 12.3. The Morgan fingerprint density at radius 3 is 2.62 bits per heavy atom. The summed E-state index contributed by atoms with van der Waals surface area (Å²) in [4.78, 5) is 16.8. The van der Waals surface area contributed by atoms with Gasteiger partial charge in [-0.25, -0.2) is 4.99 Å². The second-order valence-electron chi connectivity index (χ2n) is 6.55. The highest BCUT2D eigenvalue weighted by Gasteiger charge is 2.40. The van der Waals surface area contributed by atoms with E-state index in [1.54, 1.807) is 7.11 Å². The highest BCUT2D eigenvalue weighted by molar-refractivity contribution is 6.07. The smallest absolute Gasteiger partial charge is 0.254 e. The number of benzene rings is 1. The van der Waals surface area contributed by atoms with Crippen molar-refractivity contribution in [1.82, 2.24) is 10.6 Å². The molecular formula is C16H23N3O2. The quantitative estimate of drug-likeness (QED) is 0.893. The lowest BCUT2D eigenvalue weighted by molar-refractivity contribution is -0.123. The van der Waals surface area contributed by atoms with E-state index in [0.717, 1.165) is 11.3 Å². The summed E-state index contributed by atoms with van der Waals surface area (Å²) in [6.07, 6.45) is 0.498. The molecule has 21 heavy (non-hydrogen) atoms. The Labute approximate surface area is 125 Å². The van der Waals surface area contributed by atoms with E-state index in [-0.39, 0.29) is 11.4 Å². The van der Waals surface area contributed by atoms with Crippen LogP contribution in [0.15, 0.2) is 29.3 Å². The van der Waals surface area contributed by atoms with Crippen molar-refractivity contribution in [2.24, 2.45) is 4.99 Å². The molecule has 114 valence electrons. The van der Waals surface area contributed by atoms with E-state index in [4.69, 9.17) is 4.74 Å². The van der Waals surface area contributed by atoms with Gasteiger partial charge in [-0.15, -0.1) is 0 Å². The monoisotopic (exact) mass is 289 g/mol. The number of nitrogens with one attached hydrogen (secondary N) is 2. The molecule has 0 saturated heterocycles. The molecule has 1 aliphatic rings. The molecule has 2 rings (SSSR count). The summed E-state index contributed by atoms with van der Waals surface area (Å²) in [7, 11) is 1.63. The molecule has 1 aromatic rings. The van der Waals surface area contributed by atoms with Crippen LogP contribution in [0.4, 0.5) is 0 Å². The summed E-state index contributed by atoms with van der Waals surface area (Å²) in [5, 5.41) is 6.02. The van der Waals surface area contributed by atoms with Crippen LogP contribution in [0.2, 0.25) is 0 Å². The molecule has 0 radical (unpaired) electrons. The summed E-state index contributed by atoms with van der Waals surface area (Å²) >= 11 is 0. The first kappa shape index (κ1) is 15.4. The van der Waals surface area contributed by atoms with Gasteiger partial charge in [-0.2, -0.15) is 0 Å². The summed E-state index contributed by atoms with van der Waals surface area (Å²) in [6.45, 7) is 7.92. The van der Waals surface area contributed by atoms with Crippen LogP contribution < -0.4 is 15.4 Å². The minimum Gasteiger partial charge on any atom is -0.496 e. The Morgan fingerprint density at radius 2 is 2.00 bits per heavy atom. The average molecular weight is 289 g/mol. The fraction of sp³-hybridized carbons (Fsp3) is 0.500. The van der Waals surface area contributed by atoms with Crippen molar-refractivity contribution in [3.63, 3.8) is 0 Å². The molecule has 0 aliphatic carbocycles. The number of carbonyl (C=O) groups is 1. The zero-order valence-electron chi connectivity index (χ0n) is 13.3. The molecule has 5 heteroatoms. The summed E-state index contributed by atoms with van der Waals surface area (Å²) in [5.74, 6) is 1.21. The van der Waals surface area contributed by atoms with Crippen molar-refractivity contribution in [3.8, 4) is 5.75 Å².